The van der Waals surface area contributed by atoms with Crippen molar-refractivity contribution in [3.05, 3.63) is 71.7 Å². The molecule has 2 aromatic carbocycles. The SMILES string of the molecule is O=C(C#Cc1ccccc1F)NCCc1c[nH]c2ccccc12. The van der Waals surface area contributed by atoms with Crippen molar-refractivity contribution in [1.82, 2.24) is 10.3 Å². The summed E-state index contributed by atoms with van der Waals surface area (Å²) in [6.45, 7) is 0.479. The zero-order valence-electron chi connectivity index (χ0n) is 12.4. The Kier molecular flexibility index (Phi) is 4.39. The lowest BCUT2D eigenvalue weighted by Crippen LogP contribution is -2.23. The fourth-order valence-corrected chi connectivity index (χ4v) is 2.38. The molecule has 0 atom stereocenters. The average Bonchev–Trinajstić information content (AvgIpc) is 2.98. The van der Waals surface area contributed by atoms with Crippen LogP contribution in [0, 0.1) is 17.7 Å². The summed E-state index contributed by atoms with van der Waals surface area (Å²) in [4.78, 5) is 14.9. The lowest BCUT2D eigenvalue weighted by atomic mass is 10.1. The second-order valence-corrected chi connectivity index (χ2v) is 5.10. The Labute approximate surface area is 133 Å². The van der Waals surface area contributed by atoms with E-state index in [2.05, 4.69) is 22.1 Å². The van der Waals surface area contributed by atoms with Gasteiger partial charge in [-0.1, -0.05) is 36.3 Å². The summed E-state index contributed by atoms with van der Waals surface area (Å²) < 4.78 is 13.4. The normalized spacial score (nSPS) is 10.1. The third-order valence-corrected chi connectivity index (χ3v) is 3.54. The molecule has 3 nitrogen and oxygen atoms in total. The van der Waals surface area contributed by atoms with Crippen molar-refractivity contribution in [2.24, 2.45) is 0 Å². The summed E-state index contributed by atoms with van der Waals surface area (Å²) in [5.41, 5.74) is 2.44. The molecule has 0 bridgehead atoms. The van der Waals surface area contributed by atoms with Crippen LogP contribution in [0.15, 0.2) is 54.7 Å². The Hall–Kier alpha value is -3.06. The first kappa shape index (κ1) is 14.9. The second kappa shape index (κ2) is 6.80. The molecule has 2 N–H and O–H groups in total. The fraction of sp³-hybridized carbons (Fsp3) is 0.105. The summed E-state index contributed by atoms with van der Waals surface area (Å²) >= 11 is 0. The van der Waals surface area contributed by atoms with Crippen LogP contribution < -0.4 is 5.32 Å². The number of aromatic nitrogens is 1. The molecule has 0 radical (unpaired) electrons. The minimum Gasteiger partial charge on any atom is -0.361 e. The number of carbonyl (C=O) groups excluding carboxylic acids is 1. The van der Waals surface area contributed by atoms with E-state index in [1.54, 1.807) is 18.2 Å². The topological polar surface area (TPSA) is 44.9 Å². The predicted molar refractivity (Wildman–Crippen MR) is 88.3 cm³/mol. The van der Waals surface area contributed by atoms with E-state index < -0.39 is 11.7 Å². The molecular formula is C19H15FN2O. The maximum Gasteiger partial charge on any atom is 0.296 e. The molecule has 3 rings (SSSR count). The molecule has 1 aromatic heterocycles. The van der Waals surface area contributed by atoms with Crippen LogP contribution in [0.3, 0.4) is 0 Å². The minimum absolute atomic E-state index is 0.222. The summed E-state index contributed by atoms with van der Waals surface area (Å²) in [5.74, 6) is 4.12. The fourth-order valence-electron chi connectivity index (χ4n) is 2.38. The second-order valence-electron chi connectivity index (χ2n) is 5.10. The zero-order chi connectivity index (χ0) is 16.1. The van der Waals surface area contributed by atoms with Crippen LogP contribution in [0.5, 0.6) is 0 Å². The Morgan fingerprint density at radius 1 is 1.13 bits per heavy atom. The van der Waals surface area contributed by atoms with Crippen molar-refractivity contribution in [2.75, 3.05) is 6.54 Å². The summed E-state index contributed by atoms with van der Waals surface area (Å²) in [7, 11) is 0. The van der Waals surface area contributed by atoms with Gasteiger partial charge in [0.05, 0.1) is 5.56 Å². The maximum absolute atomic E-state index is 13.4. The molecule has 0 saturated carbocycles. The van der Waals surface area contributed by atoms with E-state index in [0.29, 0.717) is 13.0 Å². The Balaban J connectivity index is 1.57. The highest BCUT2D eigenvalue weighted by molar-refractivity contribution is 5.94. The number of nitrogens with one attached hydrogen (secondary N) is 2. The molecule has 0 saturated heterocycles. The van der Waals surface area contributed by atoms with Gasteiger partial charge in [0, 0.05) is 29.6 Å². The summed E-state index contributed by atoms with van der Waals surface area (Å²) in [5, 5.41) is 3.88. The number of rotatable bonds is 3. The molecule has 114 valence electrons. The van der Waals surface area contributed by atoms with Crippen molar-refractivity contribution in [3.8, 4) is 11.8 Å². The van der Waals surface area contributed by atoms with Crippen molar-refractivity contribution in [2.45, 2.75) is 6.42 Å². The number of para-hydroxylation sites is 1. The first-order valence-electron chi connectivity index (χ1n) is 7.33. The monoisotopic (exact) mass is 306 g/mol. The Morgan fingerprint density at radius 3 is 2.78 bits per heavy atom. The predicted octanol–water partition coefficient (Wildman–Crippen LogP) is 3.02. The maximum atomic E-state index is 13.4. The van der Waals surface area contributed by atoms with E-state index in [4.69, 9.17) is 0 Å². The van der Waals surface area contributed by atoms with Gasteiger partial charge in [-0.05, 0) is 30.2 Å². The third kappa shape index (κ3) is 3.58. The Bertz CT molecular complexity index is 902. The van der Waals surface area contributed by atoms with E-state index in [1.165, 1.54) is 6.07 Å². The van der Waals surface area contributed by atoms with E-state index in [0.717, 1.165) is 16.5 Å². The van der Waals surface area contributed by atoms with E-state index in [-0.39, 0.29) is 5.56 Å². The van der Waals surface area contributed by atoms with Gasteiger partial charge in [-0.3, -0.25) is 4.79 Å². The highest BCUT2D eigenvalue weighted by Crippen LogP contribution is 2.17. The van der Waals surface area contributed by atoms with Gasteiger partial charge in [0.25, 0.3) is 5.91 Å². The summed E-state index contributed by atoms with van der Waals surface area (Å²) in [6, 6.07) is 14.1. The van der Waals surface area contributed by atoms with Gasteiger partial charge >= 0.3 is 0 Å². The van der Waals surface area contributed by atoms with Crippen LogP contribution in [0.1, 0.15) is 11.1 Å². The Morgan fingerprint density at radius 2 is 1.91 bits per heavy atom. The number of carbonyl (C=O) groups is 1. The van der Waals surface area contributed by atoms with Gasteiger partial charge in [0.15, 0.2) is 0 Å². The van der Waals surface area contributed by atoms with Crippen LogP contribution >= 0.6 is 0 Å². The molecule has 0 unspecified atom stereocenters. The number of benzene rings is 2. The molecule has 0 aliphatic carbocycles. The molecule has 1 amide bonds. The number of hydrogen-bond acceptors (Lipinski definition) is 1. The van der Waals surface area contributed by atoms with Gasteiger partial charge in [-0.25, -0.2) is 4.39 Å². The standard InChI is InChI=1S/C19H15FN2O/c20-17-7-3-1-5-14(17)9-10-19(23)21-12-11-15-13-22-18-8-4-2-6-16(15)18/h1-8,13,22H,11-12H2,(H,21,23). The highest BCUT2D eigenvalue weighted by Gasteiger charge is 2.03. The lowest BCUT2D eigenvalue weighted by molar-refractivity contribution is -0.115. The smallest absolute Gasteiger partial charge is 0.296 e. The largest absolute Gasteiger partial charge is 0.361 e. The number of H-pyrrole nitrogens is 1. The molecule has 3 aromatic rings. The van der Waals surface area contributed by atoms with Crippen molar-refractivity contribution in [1.29, 1.82) is 0 Å². The number of halogens is 1. The van der Waals surface area contributed by atoms with Gasteiger partial charge in [-0.15, -0.1) is 0 Å². The highest BCUT2D eigenvalue weighted by atomic mass is 19.1. The third-order valence-electron chi connectivity index (χ3n) is 3.54. The molecule has 1 heterocycles. The van der Waals surface area contributed by atoms with Crippen LogP contribution in [-0.4, -0.2) is 17.4 Å². The zero-order valence-corrected chi connectivity index (χ0v) is 12.4. The van der Waals surface area contributed by atoms with Crippen LogP contribution in [0.25, 0.3) is 10.9 Å². The van der Waals surface area contributed by atoms with E-state index >= 15 is 0 Å². The number of fused-ring (bicyclic) bond motifs is 1. The van der Waals surface area contributed by atoms with Crippen molar-refractivity contribution < 1.29 is 9.18 Å². The van der Waals surface area contributed by atoms with Gasteiger partial charge in [0.1, 0.15) is 5.82 Å². The molecule has 23 heavy (non-hydrogen) atoms. The van der Waals surface area contributed by atoms with E-state index in [9.17, 15) is 9.18 Å². The van der Waals surface area contributed by atoms with Gasteiger partial charge in [-0.2, -0.15) is 0 Å². The molecular weight excluding hydrogens is 291 g/mol. The van der Waals surface area contributed by atoms with E-state index in [1.807, 2.05) is 30.5 Å². The average molecular weight is 306 g/mol. The lowest BCUT2D eigenvalue weighted by Gasteiger charge is -2.00. The van der Waals surface area contributed by atoms with Crippen molar-refractivity contribution >= 4 is 16.8 Å². The first-order chi connectivity index (χ1) is 11.2. The number of amides is 1. The van der Waals surface area contributed by atoms with Crippen molar-refractivity contribution in [3.63, 3.8) is 0 Å². The number of hydrogen-bond donors (Lipinski definition) is 2. The first-order valence-corrected chi connectivity index (χ1v) is 7.33. The molecule has 0 spiro atoms. The van der Waals surface area contributed by atoms with Crippen LogP contribution in [-0.2, 0) is 11.2 Å². The number of aromatic amines is 1. The quantitative estimate of drug-likeness (QED) is 0.718. The van der Waals surface area contributed by atoms with Gasteiger partial charge < -0.3 is 10.3 Å². The molecule has 0 fully saturated rings. The summed E-state index contributed by atoms with van der Waals surface area (Å²) in [6.07, 6.45) is 2.65. The molecule has 0 aliphatic rings. The van der Waals surface area contributed by atoms with Gasteiger partial charge in [0.2, 0.25) is 0 Å². The minimum atomic E-state index is -0.424. The molecule has 0 aliphatic heterocycles. The van der Waals surface area contributed by atoms with Crippen LogP contribution in [0.2, 0.25) is 0 Å². The molecule has 4 heteroatoms. The van der Waals surface area contributed by atoms with Crippen LogP contribution in [0.4, 0.5) is 4.39 Å².